The molecule has 0 bridgehead atoms. The number of rotatable bonds is 10. The van der Waals surface area contributed by atoms with Crippen LogP contribution in [0.3, 0.4) is 0 Å². The van der Waals surface area contributed by atoms with Crippen LogP contribution in [0.4, 0.5) is 22.0 Å². The summed E-state index contributed by atoms with van der Waals surface area (Å²) in [4.78, 5) is 12.3. The van der Waals surface area contributed by atoms with E-state index in [9.17, 15) is 32.0 Å². The molecule has 0 amide bonds. The summed E-state index contributed by atoms with van der Waals surface area (Å²) in [5, 5.41) is 10.5. The Morgan fingerprint density at radius 2 is 1.57 bits per heavy atom. The molecule has 0 fully saturated rings. The van der Waals surface area contributed by atoms with Gasteiger partial charge in [0.25, 0.3) is 0 Å². The number of hydrogen-bond acceptors (Lipinski definition) is 8. The van der Waals surface area contributed by atoms with Crippen molar-refractivity contribution in [2.75, 3.05) is 13.2 Å². The Balaban J connectivity index is 1.37. The van der Waals surface area contributed by atoms with Gasteiger partial charge in [0.05, 0.1) is 12.5 Å². The number of halogens is 6. The molecule has 0 radical (unpaired) electrons. The lowest BCUT2D eigenvalue weighted by atomic mass is 9.83. The van der Waals surface area contributed by atoms with Crippen molar-refractivity contribution < 1.29 is 50.4 Å². The van der Waals surface area contributed by atoms with E-state index in [0.29, 0.717) is 34.3 Å². The Bertz CT molecular complexity index is 1900. The monoisotopic (exact) mass is 672 g/mol. The van der Waals surface area contributed by atoms with Crippen molar-refractivity contribution >= 4 is 17.6 Å². The molecular weight excluding hydrogens is 651 g/mol. The lowest BCUT2D eigenvalue weighted by Crippen LogP contribution is -2.22. The molecule has 0 saturated carbocycles. The number of nitrogens with zero attached hydrogens (tertiary/aromatic N) is 1. The number of allylic oxidation sites excluding steroid dienone is 1. The second-order valence-electron chi connectivity index (χ2n) is 9.84. The number of benzene rings is 4. The van der Waals surface area contributed by atoms with Gasteiger partial charge in [-0.15, -0.1) is 0 Å². The van der Waals surface area contributed by atoms with Crippen molar-refractivity contribution in [3.63, 3.8) is 0 Å². The van der Waals surface area contributed by atoms with Crippen molar-refractivity contribution in [1.29, 1.82) is 5.26 Å². The highest BCUT2D eigenvalue weighted by Gasteiger charge is 2.32. The van der Waals surface area contributed by atoms with E-state index in [0.717, 1.165) is 5.56 Å². The molecule has 0 aliphatic carbocycles. The Morgan fingerprint density at radius 3 is 2.23 bits per heavy atom. The number of carbonyl (C=O) groups is 1. The van der Waals surface area contributed by atoms with Crippen molar-refractivity contribution in [1.82, 2.24) is 0 Å². The third-order valence-electron chi connectivity index (χ3n) is 6.83. The van der Waals surface area contributed by atoms with Gasteiger partial charge in [0.1, 0.15) is 29.7 Å². The molecule has 1 aliphatic rings. The summed E-state index contributed by atoms with van der Waals surface area (Å²) < 4.78 is 95.0. The smallest absolute Gasteiger partial charge is 0.349 e. The Morgan fingerprint density at radius 1 is 0.894 bits per heavy atom. The summed E-state index contributed by atoms with van der Waals surface area (Å²) in [6, 6.07) is 18.5. The van der Waals surface area contributed by atoms with Gasteiger partial charge in [-0.25, -0.2) is 18.0 Å². The van der Waals surface area contributed by atoms with E-state index < -0.39 is 53.3 Å². The highest BCUT2D eigenvalue weighted by atomic mass is 35.5. The highest BCUT2D eigenvalue weighted by molar-refractivity contribution is 6.30. The molecule has 1 atom stereocenters. The molecule has 4 aromatic rings. The van der Waals surface area contributed by atoms with Gasteiger partial charge in [0.2, 0.25) is 35.0 Å². The summed E-state index contributed by atoms with van der Waals surface area (Å²) in [6.45, 7) is 1.15. The van der Waals surface area contributed by atoms with Crippen LogP contribution in [0.5, 0.6) is 28.7 Å². The minimum absolute atomic E-state index is 0.0933. The van der Waals surface area contributed by atoms with Crippen LogP contribution in [0.2, 0.25) is 5.02 Å². The van der Waals surface area contributed by atoms with Crippen LogP contribution < -0.4 is 29.4 Å². The SMILES string of the molecule is CCOc1cc(C2C(C#N)=C(N)Oc3cc(OC(=O)COc4c(F)c(F)c(F)c(F)c4F)ccc32)ccc1OCc1ccc(Cl)cc1. The van der Waals surface area contributed by atoms with Gasteiger partial charge in [0.15, 0.2) is 23.9 Å². The lowest BCUT2D eigenvalue weighted by molar-refractivity contribution is -0.136. The topological polar surface area (TPSA) is 113 Å². The number of carbonyl (C=O) groups excluding carboxylic acids is 1. The van der Waals surface area contributed by atoms with E-state index in [2.05, 4.69) is 10.8 Å². The van der Waals surface area contributed by atoms with Gasteiger partial charge in [0, 0.05) is 16.7 Å². The zero-order valence-electron chi connectivity index (χ0n) is 24.2. The number of fused-ring (bicyclic) bond motifs is 1. The predicted octanol–water partition coefficient (Wildman–Crippen LogP) is 7.22. The summed E-state index contributed by atoms with van der Waals surface area (Å²) in [5.41, 5.74) is 8.12. The molecule has 0 saturated heterocycles. The first-order valence-electron chi connectivity index (χ1n) is 13.7. The number of hydrogen-bond donors (Lipinski definition) is 1. The van der Waals surface area contributed by atoms with E-state index in [4.69, 9.17) is 36.3 Å². The summed E-state index contributed by atoms with van der Waals surface area (Å²) in [6.07, 6.45) is 0. The molecule has 47 heavy (non-hydrogen) atoms. The van der Waals surface area contributed by atoms with Crippen molar-refractivity contribution in [2.24, 2.45) is 5.73 Å². The Hall–Kier alpha value is -5.48. The van der Waals surface area contributed by atoms with Gasteiger partial charge >= 0.3 is 5.97 Å². The predicted molar refractivity (Wildman–Crippen MR) is 156 cm³/mol. The van der Waals surface area contributed by atoms with Gasteiger partial charge < -0.3 is 29.4 Å². The molecule has 4 aromatic carbocycles. The lowest BCUT2D eigenvalue weighted by Gasteiger charge is -2.27. The molecule has 1 unspecified atom stereocenters. The Kier molecular flexibility index (Phi) is 9.72. The van der Waals surface area contributed by atoms with E-state index in [1.165, 1.54) is 18.2 Å². The largest absolute Gasteiger partial charge is 0.490 e. The summed E-state index contributed by atoms with van der Waals surface area (Å²) in [5.74, 6) is -14.3. The van der Waals surface area contributed by atoms with Gasteiger partial charge in [-0.05, 0) is 48.4 Å². The number of nitriles is 1. The van der Waals surface area contributed by atoms with Crippen LogP contribution in [0.1, 0.15) is 29.5 Å². The minimum Gasteiger partial charge on any atom is -0.490 e. The molecular formula is C33H22ClF5N2O6. The number of nitrogens with two attached hydrogens (primary N) is 1. The fraction of sp³-hybridized carbons (Fsp3) is 0.152. The van der Waals surface area contributed by atoms with Crippen LogP contribution in [-0.2, 0) is 11.4 Å². The first kappa shape index (κ1) is 32.9. The fourth-order valence-electron chi connectivity index (χ4n) is 4.68. The maximum Gasteiger partial charge on any atom is 0.349 e. The van der Waals surface area contributed by atoms with Crippen LogP contribution in [0.25, 0.3) is 0 Å². The maximum absolute atomic E-state index is 13.9. The summed E-state index contributed by atoms with van der Waals surface area (Å²) >= 11 is 5.96. The second-order valence-corrected chi connectivity index (χ2v) is 10.3. The maximum atomic E-state index is 13.9. The van der Waals surface area contributed by atoms with Crippen LogP contribution in [0.15, 0.2) is 72.1 Å². The average molecular weight is 673 g/mol. The fourth-order valence-corrected chi connectivity index (χ4v) is 4.81. The molecule has 14 heteroatoms. The number of ether oxygens (including phenoxy) is 5. The number of esters is 1. The Labute approximate surface area is 269 Å². The molecule has 242 valence electrons. The minimum atomic E-state index is -2.37. The summed E-state index contributed by atoms with van der Waals surface area (Å²) in [7, 11) is 0. The van der Waals surface area contributed by atoms with Gasteiger partial charge in [-0.2, -0.15) is 14.0 Å². The molecule has 0 spiro atoms. The molecule has 2 N–H and O–H groups in total. The van der Waals surface area contributed by atoms with Gasteiger partial charge in [-0.1, -0.05) is 35.9 Å². The third kappa shape index (κ3) is 6.87. The van der Waals surface area contributed by atoms with Gasteiger partial charge in [-0.3, -0.25) is 0 Å². The van der Waals surface area contributed by atoms with E-state index in [1.54, 1.807) is 37.3 Å². The normalized spacial score (nSPS) is 13.7. The standard InChI is InChI=1S/C33H22ClF5N2O6/c1-2-43-24-11-17(5-10-22(24)44-14-16-3-6-18(34)7-4-16)26-20-9-8-19(12-23(20)47-33(41)21(26)13-40)46-25(42)15-45-32-30(38)28(36)27(35)29(37)31(32)39/h3-12,26H,2,14-15,41H2,1H3. The van der Waals surface area contributed by atoms with Crippen molar-refractivity contribution in [2.45, 2.75) is 19.4 Å². The van der Waals surface area contributed by atoms with E-state index in [-0.39, 0.29) is 29.6 Å². The van der Waals surface area contributed by atoms with Crippen LogP contribution in [-0.4, -0.2) is 19.2 Å². The van der Waals surface area contributed by atoms with E-state index in [1.807, 2.05) is 12.1 Å². The molecule has 1 aliphatic heterocycles. The second kappa shape index (κ2) is 13.9. The first-order chi connectivity index (χ1) is 22.5. The molecule has 5 rings (SSSR count). The molecule has 0 aromatic heterocycles. The quantitative estimate of drug-likeness (QED) is 0.0618. The van der Waals surface area contributed by atoms with Crippen LogP contribution in [0, 0.1) is 40.4 Å². The van der Waals surface area contributed by atoms with Crippen molar-refractivity contribution in [3.8, 4) is 34.8 Å². The highest BCUT2D eigenvalue weighted by Crippen LogP contribution is 2.45. The zero-order chi connectivity index (χ0) is 33.8. The molecule has 1 heterocycles. The average Bonchev–Trinajstić information content (AvgIpc) is 3.06. The molecule has 8 nitrogen and oxygen atoms in total. The van der Waals surface area contributed by atoms with Crippen LogP contribution >= 0.6 is 11.6 Å². The van der Waals surface area contributed by atoms with Crippen molar-refractivity contribution in [3.05, 3.63) is 123 Å². The third-order valence-corrected chi connectivity index (χ3v) is 7.09. The zero-order valence-corrected chi connectivity index (χ0v) is 25.0. The van der Waals surface area contributed by atoms with E-state index >= 15 is 0 Å². The first-order valence-corrected chi connectivity index (χ1v) is 14.1.